The second-order valence-electron chi connectivity index (χ2n) is 10.8. The summed E-state index contributed by atoms with van der Waals surface area (Å²) in [5, 5.41) is 0. The lowest BCUT2D eigenvalue weighted by molar-refractivity contribution is -0.137. The minimum absolute atomic E-state index is 0.245. The first kappa shape index (κ1) is 29.3. The number of carbonyl (C=O) groups excluding carboxylic acids is 1. The van der Waals surface area contributed by atoms with E-state index in [1.165, 1.54) is 37.8 Å². The average Bonchev–Trinajstić information content (AvgIpc) is 2.84. The summed E-state index contributed by atoms with van der Waals surface area (Å²) in [5.74, 6) is 1.07. The third kappa shape index (κ3) is 11.1. The van der Waals surface area contributed by atoms with E-state index in [1.54, 1.807) is 0 Å². The predicted octanol–water partition coefficient (Wildman–Crippen LogP) is 8.76. The highest BCUT2D eigenvalue weighted by atomic mass is 19.1. The molecule has 5 heteroatoms. The van der Waals surface area contributed by atoms with Crippen molar-refractivity contribution in [2.45, 2.75) is 104 Å². The van der Waals surface area contributed by atoms with Crippen molar-refractivity contribution < 1.29 is 23.0 Å². The molecule has 2 saturated carbocycles. The standard InChI is InChI=1S/C22H30F2O3.C8H16/c1-3-21(25)26-12-6-4-5-7-13-27-22-19(23)14-18(15-20(22)24)17-10-8-16(2)9-11-17;1-7-3-5-8(2)6-4-7/h3,14-17H,1,4-13H2,2H3;7-8H,3-6H2,1-2H3. The Morgan fingerprint density at radius 3 is 1.77 bits per heavy atom. The maximum atomic E-state index is 14.3. The molecule has 0 unspecified atom stereocenters. The number of hydrogen-bond acceptors (Lipinski definition) is 3. The average molecular weight is 493 g/mol. The van der Waals surface area contributed by atoms with Crippen LogP contribution < -0.4 is 4.74 Å². The zero-order chi connectivity index (χ0) is 25.6. The number of halogens is 2. The summed E-state index contributed by atoms with van der Waals surface area (Å²) in [7, 11) is 0. The van der Waals surface area contributed by atoms with E-state index in [-0.39, 0.29) is 18.3 Å². The van der Waals surface area contributed by atoms with Gasteiger partial charge in [-0.3, -0.25) is 0 Å². The van der Waals surface area contributed by atoms with Gasteiger partial charge in [0.05, 0.1) is 13.2 Å². The van der Waals surface area contributed by atoms with Crippen molar-refractivity contribution in [2.24, 2.45) is 17.8 Å². The minimum atomic E-state index is -0.611. The molecule has 1 aromatic rings. The Balaban J connectivity index is 0.000000456. The third-order valence-electron chi connectivity index (χ3n) is 7.51. The summed E-state index contributed by atoms with van der Waals surface area (Å²) in [6.07, 6.45) is 14.4. The summed E-state index contributed by atoms with van der Waals surface area (Å²) in [4.78, 5) is 10.9. The van der Waals surface area contributed by atoms with E-state index >= 15 is 0 Å². The van der Waals surface area contributed by atoms with Gasteiger partial charge in [0.2, 0.25) is 0 Å². The predicted molar refractivity (Wildman–Crippen MR) is 139 cm³/mol. The molecule has 2 aliphatic carbocycles. The number of rotatable bonds is 10. The SMILES string of the molecule is C=CC(=O)OCCCCCCOc1c(F)cc(C2CCC(C)CC2)cc1F.CC1CCC(C)CC1. The molecule has 0 amide bonds. The van der Waals surface area contributed by atoms with Gasteiger partial charge in [0.1, 0.15) is 0 Å². The van der Waals surface area contributed by atoms with Crippen molar-refractivity contribution in [3.05, 3.63) is 42.0 Å². The van der Waals surface area contributed by atoms with Crippen LogP contribution in [-0.2, 0) is 9.53 Å². The zero-order valence-electron chi connectivity index (χ0n) is 22.1. The smallest absolute Gasteiger partial charge is 0.330 e. The van der Waals surface area contributed by atoms with Crippen LogP contribution in [0.25, 0.3) is 0 Å². The van der Waals surface area contributed by atoms with E-state index in [0.29, 0.717) is 18.9 Å². The Kier molecular flexibility index (Phi) is 13.4. The van der Waals surface area contributed by atoms with Gasteiger partial charge in [0.15, 0.2) is 17.4 Å². The van der Waals surface area contributed by atoms with Crippen LogP contribution in [0.5, 0.6) is 5.75 Å². The van der Waals surface area contributed by atoms with Crippen molar-refractivity contribution in [1.82, 2.24) is 0 Å². The van der Waals surface area contributed by atoms with E-state index in [0.717, 1.165) is 68.4 Å². The van der Waals surface area contributed by atoms with Gasteiger partial charge in [-0.2, -0.15) is 0 Å². The van der Waals surface area contributed by atoms with Gasteiger partial charge in [-0.15, -0.1) is 0 Å². The quantitative estimate of drug-likeness (QED) is 0.186. The number of esters is 1. The van der Waals surface area contributed by atoms with Crippen LogP contribution in [0.15, 0.2) is 24.8 Å². The molecule has 1 aromatic carbocycles. The molecule has 0 aromatic heterocycles. The Bertz CT molecular complexity index is 730. The number of unbranched alkanes of at least 4 members (excludes halogenated alkanes) is 3. The summed E-state index contributed by atoms with van der Waals surface area (Å²) < 4.78 is 38.8. The number of carbonyl (C=O) groups is 1. The molecule has 0 N–H and O–H groups in total. The molecule has 198 valence electrons. The van der Waals surface area contributed by atoms with Crippen LogP contribution in [0.3, 0.4) is 0 Å². The maximum Gasteiger partial charge on any atom is 0.330 e. The fraction of sp³-hybridized carbons (Fsp3) is 0.700. The van der Waals surface area contributed by atoms with Gasteiger partial charge in [-0.25, -0.2) is 13.6 Å². The normalized spacial score (nSPS) is 24.1. The van der Waals surface area contributed by atoms with Gasteiger partial charge >= 0.3 is 5.97 Å². The minimum Gasteiger partial charge on any atom is -0.488 e. The molecular formula is C30H46F2O3. The van der Waals surface area contributed by atoms with Gasteiger partial charge in [-0.05, 0) is 79.9 Å². The van der Waals surface area contributed by atoms with E-state index in [9.17, 15) is 13.6 Å². The van der Waals surface area contributed by atoms with Crippen molar-refractivity contribution in [3.63, 3.8) is 0 Å². The van der Waals surface area contributed by atoms with Gasteiger partial charge in [0.25, 0.3) is 0 Å². The van der Waals surface area contributed by atoms with E-state index in [4.69, 9.17) is 9.47 Å². The molecule has 0 bridgehead atoms. The van der Waals surface area contributed by atoms with Crippen LogP contribution in [0.1, 0.15) is 109 Å². The van der Waals surface area contributed by atoms with Crippen molar-refractivity contribution >= 4 is 5.97 Å². The highest BCUT2D eigenvalue weighted by molar-refractivity contribution is 5.81. The lowest BCUT2D eigenvalue weighted by Gasteiger charge is -2.26. The van der Waals surface area contributed by atoms with Crippen LogP contribution >= 0.6 is 0 Å². The van der Waals surface area contributed by atoms with Gasteiger partial charge in [-0.1, -0.05) is 65.9 Å². The van der Waals surface area contributed by atoms with Crippen molar-refractivity contribution in [1.29, 1.82) is 0 Å². The zero-order valence-corrected chi connectivity index (χ0v) is 22.1. The second kappa shape index (κ2) is 16.0. The maximum absolute atomic E-state index is 14.3. The monoisotopic (exact) mass is 492 g/mol. The molecule has 0 heterocycles. The first-order valence-electron chi connectivity index (χ1n) is 13.7. The van der Waals surface area contributed by atoms with Crippen molar-refractivity contribution in [2.75, 3.05) is 13.2 Å². The molecule has 0 saturated heterocycles. The van der Waals surface area contributed by atoms with Crippen LogP contribution in [0, 0.1) is 29.4 Å². The first-order valence-corrected chi connectivity index (χ1v) is 13.7. The number of ether oxygens (including phenoxy) is 2. The topological polar surface area (TPSA) is 35.5 Å². The Labute approximate surface area is 211 Å². The molecule has 35 heavy (non-hydrogen) atoms. The highest BCUT2D eigenvalue weighted by Gasteiger charge is 2.22. The molecule has 0 atom stereocenters. The highest BCUT2D eigenvalue weighted by Crippen LogP contribution is 2.37. The van der Waals surface area contributed by atoms with Crippen LogP contribution in [0.4, 0.5) is 8.78 Å². The summed E-state index contributed by atoms with van der Waals surface area (Å²) in [5.41, 5.74) is 0.748. The number of benzene rings is 1. The molecule has 0 radical (unpaired) electrons. The second-order valence-corrected chi connectivity index (χ2v) is 10.8. The summed E-state index contributed by atoms with van der Waals surface area (Å²) >= 11 is 0. The largest absolute Gasteiger partial charge is 0.488 e. The molecule has 0 aliphatic heterocycles. The summed E-state index contributed by atoms with van der Waals surface area (Å²) in [6, 6.07) is 2.88. The lowest BCUT2D eigenvalue weighted by Crippen LogP contribution is -2.12. The fourth-order valence-corrected chi connectivity index (χ4v) is 4.94. The molecule has 0 spiro atoms. The van der Waals surface area contributed by atoms with Gasteiger partial charge < -0.3 is 9.47 Å². The molecule has 2 aliphatic rings. The molecule has 3 rings (SSSR count). The van der Waals surface area contributed by atoms with Crippen LogP contribution in [-0.4, -0.2) is 19.2 Å². The van der Waals surface area contributed by atoms with Crippen LogP contribution in [0.2, 0.25) is 0 Å². The van der Waals surface area contributed by atoms with Gasteiger partial charge in [0, 0.05) is 6.08 Å². The molecular weight excluding hydrogens is 446 g/mol. The number of hydrogen-bond donors (Lipinski definition) is 0. The molecule has 2 fully saturated rings. The lowest BCUT2D eigenvalue weighted by atomic mass is 9.79. The first-order chi connectivity index (χ1) is 16.8. The van der Waals surface area contributed by atoms with E-state index in [2.05, 4.69) is 27.4 Å². The Hall–Kier alpha value is -1.91. The Morgan fingerprint density at radius 1 is 0.829 bits per heavy atom. The van der Waals surface area contributed by atoms with Crippen molar-refractivity contribution in [3.8, 4) is 5.75 Å². The Morgan fingerprint density at radius 2 is 1.29 bits per heavy atom. The fourth-order valence-electron chi connectivity index (χ4n) is 4.94. The van der Waals surface area contributed by atoms with E-state index in [1.807, 2.05) is 0 Å². The summed E-state index contributed by atoms with van der Waals surface area (Å²) in [6.45, 7) is 10.9. The third-order valence-corrected chi connectivity index (χ3v) is 7.51. The molecule has 3 nitrogen and oxygen atoms in total. The van der Waals surface area contributed by atoms with E-state index < -0.39 is 17.6 Å².